The first-order valence-corrected chi connectivity index (χ1v) is 11.9. The quantitative estimate of drug-likeness (QED) is 0.449. The second kappa shape index (κ2) is 8.72. The van der Waals surface area contributed by atoms with E-state index in [0.717, 1.165) is 64.3 Å². The van der Waals surface area contributed by atoms with Crippen LogP contribution in [-0.2, 0) is 6.54 Å². The average molecular weight is 469 g/mol. The molecule has 1 aliphatic heterocycles. The number of halogens is 2. The summed E-state index contributed by atoms with van der Waals surface area (Å²) in [6.07, 6.45) is 0. The molecule has 9 heteroatoms. The van der Waals surface area contributed by atoms with Gasteiger partial charge in [0.15, 0.2) is 10.9 Å². The van der Waals surface area contributed by atoms with E-state index in [1.807, 2.05) is 36.5 Å². The molecule has 1 saturated heterocycles. The van der Waals surface area contributed by atoms with Gasteiger partial charge in [0, 0.05) is 61.3 Å². The number of nitrogens with zero attached hydrogens (tertiary/aromatic N) is 5. The molecule has 33 heavy (non-hydrogen) atoms. The summed E-state index contributed by atoms with van der Waals surface area (Å²) in [5, 5.41) is 9.44. The van der Waals surface area contributed by atoms with Crippen LogP contribution in [0.3, 0.4) is 0 Å². The molecule has 5 rings (SSSR count). The zero-order valence-electron chi connectivity index (χ0n) is 18.9. The van der Waals surface area contributed by atoms with Crippen molar-refractivity contribution in [1.29, 1.82) is 0 Å². The van der Waals surface area contributed by atoms with Crippen molar-refractivity contribution in [3.8, 4) is 11.3 Å². The Kier molecular flexibility index (Phi) is 5.76. The van der Waals surface area contributed by atoms with Crippen LogP contribution in [0.25, 0.3) is 22.2 Å². The van der Waals surface area contributed by atoms with Crippen LogP contribution in [0.2, 0.25) is 0 Å². The molecule has 1 N–H and O–H groups in total. The summed E-state index contributed by atoms with van der Waals surface area (Å²) >= 11 is 1.55. The second-order valence-electron chi connectivity index (χ2n) is 8.17. The first-order chi connectivity index (χ1) is 16.0. The molecule has 0 radical (unpaired) electrons. The number of anilines is 3. The molecule has 2 aromatic heterocycles. The van der Waals surface area contributed by atoms with E-state index in [4.69, 9.17) is 4.98 Å². The molecule has 0 spiro atoms. The molecule has 1 aliphatic rings. The van der Waals surface area contributed by atoms with Gasteiger partial charge in [0.1, 0.15) is 17.2 Å². The number of aromatic nitrogens is 3. The third kappa shape index (κ3) is 3.95. The minimum atomic E-state index is -0.315. The predicted molar refractivity (Wildman–Crippen MR) is 131 cm³/mol. The maximum absolute atomic E-state index is 15.1. The van der Waals surface area contributed by atoms with Crippen molar-refractivity contribution in [1.82, 2.24) is 20.1 Å². The van der Waals surface area contributed by atoms with E-state index >= 15 is 4.39 Å². The van der Waals surface area contributed by atoms with Crippen molar-refractivity contribution >= 4 is 38.9 Å². The van der Waals surface area contributed by atoms with Crippen LogP contribution < -0.4 is 15.1 Å². The summed E-state index contributed by atoms with van der Waals surface area (Å²) in [5.74, 6) is 0.220. The lowest BCUT2D eigenvalue weighted by molar-refractivity contribution is 0.585. The molecular weight excluding hydrogens is 442 g/mol. The summed E-state index contributed by atoms with van der Waals surface area (Å²) in [5.41, 5.74) is 2.92. The first-order valence-electron chi connectivity index (χ1n) is 11.1. The van der Waals surface area contributed by atoms with Gasteiger partial charge in [0.2, 0.25) is 0 Å². The normalized spacial score (nSPS) is 14.3. The van der Waals surface area contributed by atoms with Gasteiger partial charge in [0.25, 0.3) is 0 Å². The number of piperazine rings is 1. The summed E-state index contributed by atoms with van der Waals surface area (Å²) in [6, 6.07) is 9.99. The summed E-state index contributed by atoms with van der Waals surface area (Å²) in [7, 11) is 1.94. The zero-order chi connectivity index (χ0) is 23.1. The maximum atomic E-state index is 15.1. The van der Waals surface area contributed by atoms with E-state index in [2.05, 4.69) is 15.3 Å². The van der Waals surface area contributed by atoms with Crippen LogP contribution in [0, 0.1) is 18.6 Å². The van der Waals surface area contributed by atoms with Crippen LogP contribution in [0.15, 0.2) is 36.4 Å². The standard InChI is InChI=1S/C24H26F2N6S/c1-4-32-23(19-13-18(14-20(26)22(19)29-32)31-11-9-27-10-12-31)30(3)24-28-21(15(2)33-24)16-5-7-17(25)8-6-16/h5-8,13-14,27H,4,9-12H2,1-3H3. The van der Waals surface area contributed by atoms with E-state index in [9.17, 15) is 4.39 Å². The number of thiazole rings is 1. The van der Waals surface area contributed by atoms with Gasteiger partial charge in [-0.25, -0.2) is 18.4 Å². The SMILES string of the molecule is CCn1nc2c(F)cc(N3CCNCC3)cc2c1N(C)c1nc(-c2ccc(F)cc2)c(C)s1. The number of hydrogen-bond acceptors (Lipinski definition) is 6. The van der Waals surface area contributed by atoms with Crippen molar-refractivity contribution in [3.05, 3.63) is 52.9 Å². The maximum Gasteiger partial charge on any atom is 0.191 e. The molecule has 1 fully saturated rings. The Morgan fingerprint density at radius 2 is 1.85 bits per heavy atom. The second-order valence-corrected chi connectivity index (χ2v) is 9.35. The highest BCUT2D eigenvalue weighted by molar-refractivity contribution is 7.16. The van der Waals surface area contributed by atoms with Crippen LogP contribution in [0.5, 0.6) is 0 Å². The molecule has 2 aromatic carbocycles. The number of fused-ring (bicyclic) bond motifs is 1. The highest BCUT2D eigenvalue weighted by atomic mass is 32.1. The highest BCUT2D eigenvalue weighted by Crippen LogP contribution is 2.39. The summed E-state index contributed by atoms with van der Waals surface area (Å²) < 4.78 is 30.3. The lowest BCUT2D eigenvalue weighted by Crippen LogP contribution is -2.43. The third-order valence-electron chi connectivity index (χ3n) is 6.04. The minimum Gasteiger partial charge on any atom is -0.369 e. The molecular formula is C24H26F2N6S. The predicted octanol–water partition coefficient (Wildman–Crippen LogP) is 4.94. The van der Waals surface area contributed by atoms with Crippen LogP contribution >= 0.6 is 11.3 Å². The molecule has 0 bridgehead atoms. The highest BCUT2D eigenvalue weighted by Gasteiger charge is 2.23. The fourth-order valence-corrected chi connectivity index (χ4v) is 5.23. The fourth-order valence-electron chi connectivity index (χ4n) is 4.34. The van der Waals surface area contributed by atoms with Crippen molar-refractivity contribution in [2.24, 2.45) is 0 Å². The topological polar surface area (TPSA) is 49.2 Å². The van der Waals surface area contributed by atoms with Crippen LogP contribution in [-0.4, -0.2) is 48.0 Å². The molecule has 4 aromatic rings. The molecule has 0 saturated carbocycles. The van der Waals surface area contributed by atoms with Crippen molar-refractivity contribution in [2.45, 2.75) is 20.4 Å². The first kappa shape index (κ1) is 21.8. The van der Waals surface area contributed by atoms with Crippen LogP contribution in [0.1, 0.15) is 11.8 Å². The van der Waals surface area contributed by atoms with Gasteiger partial charge < -0.3 is 15.1 Å². The Balaban J connectivity index is 1.59. The molecule has 0 aliphatic carbocycles. The van der Waals surface area contributed by atoms with Crippen LogP contribution in [0.4, 0.5) is 25.4 Å². The van der Waals surface area contributed by atoms with Gasteiger partial charge >= 0.3 is 0 Å². The number of benzene rings is 2. The molecule has 172 valence electrons. The average Bonchev–Trinajstić information content (AvgIpc) is 3.40. The summed E-state index contributed by atoms with van der Waals surface area (Å²) in [6.45, 7) is 8.04. The van der Waals surface area contributed by atoms with Gasteiger partial charge in [0.05, 0.1) is 5.69 Å². The monoisotopic (exact) mass is 468 g/mol. The Labute approximate surface area is 195 Å². The summed E-state index contributed by atoms with van der Waals surface area (Å²) in [4.78, 5) is 10.1. The van der Waals surface area contributed by atoms with Gasteiger partial charge in [-0.3, -0.25) is 0 Å². The number of hydrogen-bond donors (Lipinski definition) is 1. The Morgan fingerprint density at radius 1 is 1.12 bits per heavy atom. The lowest BCUT2D eigenvalue weighted by atomic mass is 10.1. The fraction of sp³-hybridized carbons (Fsp3) is 0.333. The van der Waals surface area contributed by atoms with Gasteiger partial charge in [-0.1, -0.05) is 0 Å². The Hall–Kier alpha value is -3.04. The Bertz CT molecular complexity index is 1290. The molecule has 0 amide bonds. The molecule has 6 nitrogen and oxygen atoms in total. The number of aryl methyl sites for hydroxylation is 2. The lowest BCUT2D eigenvalue weighted by Gasteiger charge is -2.29. The largest absolute Gasteiger partial charge is 0.369 e. The molecule has 0 unspecified atom stereocenters. The third-order valence-corrected chi connectivity index (χ3v) is 7.09. The smallest absolute Gasteiger partial charge is 0.191 e. The van der Waals surface area contributed by atoms with E-state index in [0.29, 0.717) is 12.1 Å². The van der Waals surface area contributed by atoms with Gasteiger partial charge in [-0.05, 0) is 50.2 Å². The van der Waals surface area contributed by atoms with Gasteiger partial charge in [-0.15, -0.1) is 11.3 Å². The van der Waals surface area contributed by atoms with E-state index in [-0.39, 0.29) is 11.6 Å². The van der Waals surface area contributed by atoms with Crippen molar-refractivity contribution in [2.75, 3.05) is 43.0 Å². The van der Waals surface area contributed by atoms with E-state index < -0.39 is 0 Å². The number of nitrogens with one attached hydrogen (secondary N) is 1. The molecule has 0 atom stereocenters. The van der Waals surface area contributed by atoms with Crippen molar-refractivity contribution in [3.63, 3.8) is 0 Å². The van der Waals surface area contributed by atoms with Gasteiger partial charge in [-0.2, -0.15) is 5.10 Å². The Morgan fingerprint density at radius 3 is 2.55 bits per heavy atom. The number of rotatable bonds is 5. The zero-order valence-corrected chi connectivity index (χ0v) is 19.7. The minimum absolute atomic E-state index is 0.274. The van der Waals surface area contributed by atoms with Crippen molar-refractivity contribution < 1.29 is 8.78 Å². The van der Waals surface area contributed by atoms with E-state index in [1.165, 1.54) is 12.1 Å². The molecule has 3 heterocycles. The van der Waals surface area contributed by atoms with E-state index in [1.54, 1.807) is 29.5 Å².